The van der Waals surface area contributed by atoms with Crippen molar-refractivity contribution >= 4 is 21.8 Å². The lowest BCUT2D eigenvalue weighted by Crippen LogP contribution is -2.33. The molecule has 1 saturated heterocycles. The van der Waals surface area contributed by atoms with E-state index in [-0.39, 0.29) is 4.90 Å². The molecule has 0 aromatic heterocycles. The van der Waals surface area contributed by atoms with Crippen molar-refractivity contribution in [1.82, 2.24) is 4.31 Å². The van der Waals surface area contributed by atoms with Crippen molar-refractivity contribution < 1.29 is 13.2 Å². The molecule has 1 aromatic rings. The molecule has 7 heteroatoms. The number of thioether (sulfide) groups is 1. The van der Waals surface area contributed by atoms with Crippen LogP contribution in [-0.4, -0.2) is 44.4 Å². The predicted molar refractivity (Wildman–Crippen MR) is 81.6 cm³/mol. The Bertz CT molecular complexity index is 553. The van der Waals surface area contributed by atoms with E-state index in [1.54, 1.807) is 34.3 Å². The number of sulfonamides is 1. The second kappa shape index (κ2) is 6.80. The zero-order valence-corrected chi connectivity index (χ0v) is 13.2. The molecule has 1 aliphatic heterocycles. The van der Waals surface area contributed by atoms with Gasteiger partial charge in [0, 0.05) is 25.4 Å². The molecule has 0 saturated carbocycles. The third-order valence-corrected chi connectivity index (χ3v) is 6.25. The van der Waals surface area contributed by atoms with Crippen LogP contribution >= 0.6 is 11.8 Å². The first-order valence-corrected chi connectivity index (χ1v) is 9.14. The number of hydrogen-bond donors (Lipinski definition) is 1. The Hall–Kier alpha value is -0.760. The smallest absolute Gasteiger partial charge is 0.246 e. The number of ether oxygens (including phenoxy) is 1. The van der Waals surface area contributed by atoms with Gasteiger partial charge in [-0.15, -0.1) is 0 Å². The fourth-order valence-electron chi connectivity index (χ4n) is 2.15. The molecule has 2 N–H and O–H groups in total. The third kappa shape index (κ3) is 3.28. The second-order valence-electron chi connectivity index (χ2n) is 4.56. The van der Waals surface area contributed by atoms with Gasteiger partial charge in [-0.25, -0.2) is 8.42 Å². The van der Waals surface area contributed by atoms with E-state index in [4.69, 9.17) is 10.5 Å². The zero-order valence-electron chi connectivity index (χ0n) is 11.5. The van der Waals surface area contributed by atoms with Gasteiger partial charge in [-0.2, -0.15) is 16.1 Å². The average molecular weight is 316 g/mol. The van der Waals surface area contributed by atoms with E-state index in [9.17, 15) is 8.42 Å². The fourth-order valence-corrected chi connectivity index (χ4v) is 4.77. The van der Waals surface area contributed by atoms with Crippen LogP contribution < -0.4 is 10.5 Å². The molecule has 0 bridgehead atoms. The van der Waals surface area contributed by atoms with Gasteiger partial charge in [0.1, 0.15) is 10.6 Å². The Morgan fingerprint density at radius 3 is 2.85 bits per heavy atom. The summed E-state index contributed by atoms with van der Waals surface area (Å²) in [7, 11) is -2.02. The lowest BCUT2D eigenvalue weighted by Gasteiger charge is -2.21. The Morgan fingerprint density at radius 1 is 1.35 bits per heavy atom. The van der Waals surface area contributed by atoms with E-state index in [1.807, 2.05) is 0 Å². The van der Waals surface area contributed by atoms with Crippen molar-refractivity contribution in [3.63, 3.8) is 0 Å². The molecule has 0 spiro atoms. The van der Waals surface area contributed by atoms with Gasteiger partial charge >= 0.3 is 0 Å². The van der Waals surface area contributed by atoms with Gasteiger partial charge in [0.05, 0.1) is 7.11 Å². The molecule has 1 aromatic carbocycles. The Labute approximate surface area is 124 Å². The summed E-state index contributed by atoms with van der Waals surface area (Å²) in [5, 5.41) is 0. The molecule has 0 unspecified atom stereocenters. The van der Waals surface area contributed by atoms with Crippen LogP contribution in [0.15, 0.2) is 23.1 Å². The molecule has 0 amide bonds. The van der Waals surface area contributed by atoms with Crippen LogP contribution in [0.4, 0.5) is 0 Å². The number of rotatable bonds is 4. The van der Waals surface area contributed by atoms with Crippen molar-refractivity contribution in [3.05, 3.63) is 23.8 Å². The highest BCUT2D eigenvalue weighted by Crippen LogP contribution is 2.29. The maximum Gasteiger partial charge on any atom is 0.246 e. The van der Waals surface area contributed by atoms with Crippen LogP contribution in [-0.2, 0) is 16.6 Å². The number of hydrogen-bond acceptors (Lipinski definition) is 5. The summed E-state index contributed by atoms with van der Waals surface area (Å²) in [5.41, 5.74) is 6.43. The Morgan fingerprint density at radius 2 is 2.15 bits per heavy atom. The predicted octanol–water partition coefficient (Wildman–Crippen LogP) is 1.28. The molecule has 0 radical (unpaired) electrons. The summed E-state index contributed by atoms with van der Waals surface area (Å²) in [6.45, 7) is 1.48. The number of methoxy groups -OCH3 is 1. The molecule has 1 fully saturated rings. The minimum Gasteiger partial charge on any atom is -0.495 e. The quantitative estimate of drug-likeness (QED) is 0.906. The summed E-state index contributed by atoms with van der Waals surface area (Å²) < 4.78 is 32.2. The van der Waals surface area contributed by atoms with Crippen LogP contribution in [0.5, 0.6) is 5.75 Å². The summed E-state index contributed by atoms with van der Waals surface area (Å²) in [6, 6.07) is 5.02. The first-order valence-electron chi connectivity index (χ1n) is 6.54. The van der Waals surface area contributed by atoms with Gasteiger partial charge in [0.15, 0.2) is 0 Å². The molecule has 112 valence electrons. The standard InChI is InChI=1S/C13H20N2O3S2/c1-18-12-9-11(10-14)3-4-13(12)20(16,17)15-5-2-7-19-8-6-15/h3-4,9H,2,5-8,10,14H2,1H3. The van der Waals surface area contributed by atoms with Gasteiger partial charge in [-0.3, -0.25) is 0 Å². The largest absolute Gasteiger partial charge is 0.495 e. The minimum atomic E-state index is -3.50. The first-order chi connectivity index (χ1) is 9.59. The van der Waals surface area contributed by atoms with Gasteiger partial charge in [-0.05, 0) is 29.9 Å². The van der Waals surface area contributed by atoms with Crippen LogP contribution in [0, 0.1) is 0 Å². The van der Waals surface area contributed by atoms with Crippen molar-refractivity contribution in [3.8, 4) is 5.75 Å². The summed E-state index contributed by atoms with van der Waals surface area (Å²) in [4.78, 5) is 0.226. The molecular weight excluding hydrogens is 296 g/mol. The lowest BCUT2D eigenvalue weighted by molar-refractivity contribution is 0.393. The van der Waals surface area contributed by atoms with Crippen molar-refractivity contribution in [2.75, 3.05) is 31.7 Å². The van der Waals surface area contributed by atoms with Gasteiger partial charge in [0.25, 0.3) is 0 Å². The molecule has 0 atom stereocenters. The van der Waals surface area contributed by atoms with E-state index < -0.39 is 10.0 Å². The third-order valence-electron chi connectivity index (χ3n) is 3.26. The van der Waals surface area contributed by atoms with E-state index in [0.717, 1.165) is 23.5 Å². The number of nitrogens with two attached hydrogens (primary N) is 1. The molecule has 5 nitrogen and oxygen atoms in total. The van der Waals surface area contributed by atoms with Crippen molar-refractivity contribution in [2.45, 2.75) is 17.9 Å². The molecular formula is C13H20N2O3S2. The average Bonchev–Trinajstić information content (AvgIpc) is 2.76. The zero-order chi connectivity index (χ0) is 14.6. The summed E-state index contributed by atoms with van der Waals surface area (Å²) in [6.07, 6.45) is 0.882. The van der Waals surface area contributed by atoms with E-state index in [0.29, 0.717) is 25.4 Å². The summed E-state index contributed by atoms with van der Waals surface area (Å²) in [5.74, 6) is 2.21. The highest BCUT2D eigenvalue weighted by atomic mass is 32.2. The van der Waals surface area contributed by atoms with Crippen LogP contribution in [0.3, 0.4) is 0 Å². The summed E-state index contributed by atoms with van der Waals surface area (Å²) >= 11 is 1.79. The van der Waals surface area contributed by atoms with Crippen LogP contribution in [0.2, 0.25) is 0 Å². The first kappa shape index (κ1) is 15.6. The highest BCUT2D eigenvalue weighted by Gasteiger charge is 2.28. The maximum atomic E-state index is 12.7. The van der Waals surface area contributed by atoms with E-state index in [2.05, 4.69) is 0 Å². The second-order valence-corrected chi connectivity index (χ2v) is 7.69. The molecule has 20 heavy (non-hydrogen) atoms. The monoisotopic (exact) mass is 316 g/mol. The Kier molecular flexibility index (Phi) is 5.31. The molecule has 1 heterocycles. The maximum absolute atomic E-state index is 12.7. The Balaban J connectivity index is 2.37. The number of nitrogens with zero attached hydrogens (tertiary/aromatic N) is 1. The van der Waals surface area contributed by atoms with Gasteiger partial charge in [-0.1, -0.05) is 6.07 Å². The number of benzene rings is 1. The van der Waals surface area contributed by atoms with Gasteiger partial charge < -0.3 is 10.5 Å². The van der Waals surface area contributed by atoms with E-state index >= 15 is 0 Å². The molecule has 2 rings (SSSR count). The minimum absolute atomic E-state index is 0.226. The normalized spacial score (nSPS) is 17.7. The highest BCUT2D eigenvalue weighted by molar-refractivity contribution is 7.99. The van der Waals surface area contributed by atoms with Crippen molar-refractivity contribution in [2.24, 2.45) is 5.73 Å². The molecule has 0 aliphatic carbocycles. The van der Waals surface area contributed by atoms with Gasteiger partial charge in [0.2, 0.25) is 10.0 Å². The van der Waals surface area contributed by atoms with Crippen LogP contribution in [0.1, 0.15) is 12.0 Å². The topological polar surface area (TPSA) is 72.6 Å². The van der Waals surface area contributed by atoms with Crippen LogP contribution in [0.25, 0.3) is 0 Å². The van der Waals surface area contributed by atoms with Crippen molar-refractivity contribution in [1.29, 1.82) is 0 Å². The SMILES string of the molecule is COc1cc(CN)ccc1S(=O)(=O)N1CCCSCC1. The molecule has 1 aliphatic rings. The fraction of sp³-hybridized carbons (Fsp3) is 0.538. The van der Waals surface area contributed by atoms with E-state index in [1.165, 1.54) is 7.11 Å². The lowest BCUT2D eigenvalue weighted by atomic mass is 10.2.